The molecule has 0 radical (unpaired) electrons. The third kappa shape index (κ3) is 2.35. The fourth-order valence-electron chi connectivity index (χ4n) is 3.32. The van der Waals surface area contributed by atoms with Crippen molar-refractivity contribution in [1.29, 1.82) is 0 Å². The highest BCUT2D eigenvalue weighted by molar-refractivity contribution is 7.07. The highest BCUT2D eigenvalue weighted by Gasteiger charge is 2.39. The van der Waals surface area contributed by atoms with Gasteiger partial charge in [-0.15, -0.1) is 0 Å². The van der Waals surface area contributed by atoms with E-state index < -0.39 is 0 Å². The van der Waals surface area contributed by atoms with Gasteiger partial charge in [0, 0.05) is 26.1 Å². The molecule has 0 aromatic carbocycles. The Morgan fingerprint density at radius 3 is 3.00 bits per heavy atom. The fraction of sp³-hybridized carbons (Fsp3) is 0.600. The van der Waals surface area contributed by atoms with Gasteiger partial charge >= 0.3 is 0 Å². The second-order valence-electron chi connectivity index (χ2n) is 5.58. The third-order valence-electron chi connectivity index (χ3n) is 4.41. The van der Waals surface area contributed by atoms with Crippen LogP contribution in [0.5, 0.6) is 0 Å². The van der Waals surface area contributed by atoms with Crippen LogP contribution in [0, 0.1) is 5.92 Å². The Labute approximate surface area is 123 Å². The van der Waals surface area contributed by atoms with Crippen molar-refractivity contribution in [1.82, 2.24) is 9.80 Å². The van der Waals surface area contributed by atoms with Crippen molar-refractivity contribution in [2.45, 2.75) is 32.2 Å². The summed E-state index contributed by atoms with van der Waals surface area (Å²) in [6.45, 7) is 4.10. The zero-order chi connectivity index (χ0) is 14.1. The maximum atomic E-state index is 12.7. The lowest BCUT2D eigenvalue weighted by Crippen LogP contribution is -2.37. The Kier molecular flexibility index (Phi) is 3.78. The number of likely N-dealkylation sites (tertiary alicyclic amines) is 2. The van der Waals surface area contributed by atoms with Crippen LogP contribution in [0.25, 0.3) is 0 Å². The maximum absolute atomic E-state index is 12.7. The Balaban J connectivity index is 1.72. The largest absolute Gasteiger partial charge is 0.342 e. The topological polar surface area (TPSA) is 40.6 Å². The molecule has 108 valence electrons. The average Bonchev–Trinajstić information content (AvgIpc) is 3.17. The first kappa shape index (κ1) is 13.6. The van der Waals surface area contributed by atoms with E-state index in [1.54, 1.807) is 16.2 Å². The van der Waals surface area contributed by atoms with E-state index in [0.29, 0.717) is 19.5 Å². The summed E-state index contributed by atoms with van der Waals surface area (Å²) in [7, 11) is 0. The fourth-order valence-corrected chi connectivity index (χ4v) is 4.03. The quantitative estimate of drug-likeness (QED) is 0.857. The number of carbonyl (C=O) groups is 2. The first-order valence-electron chi connectivity index (χ1n) is 7.31. The lowest BCUT2D eigenvalue weighted by molar-refractivity contribution is -0.136. The minimum atomic E-state index is -0.137. The van der Waals surface area contributed by atoms with Crippen LogP contribution in [0.4, 0.5) is 0 Å². The molecule has 0 bridgehead atoms. The molecule has 2 fully saturated rings. The lowest BCUT2D eigenvalue weighted by atomic mass is 10.0. The molecule has 2 aliphatic rings. The molecule has 2 saturated heterocycles. The molecule has 2 atom stereocenters. The van der Waals surface area contributed by atoms with Gasteiger partial charge in [0.25, 0.3) is 0 Å². The van der Waals surface area contributed by atoms with E-state index >= 15 is 0 Å². The molecule has 3 heterocycles. The van der Waals surface area contributed by atoms with Gasteiger partial charge in [-0.3, -0.25) is 9.59 Å². The number of hydrogen-bond donors (Lipinski definition) is 0. The number of amides is 2. The van der Waals surface area contributed by atoms with Crippen molar-refractivity contribution in [2.75, 3.05) is 19.6 Å². The third-order valence-corrected chi connectivity index (χ3v) is 5.11. The van der Waals surface area contributed by atoms with Crippen molar-refractivity contribution < 1.29 is 9.59 Å². The second kappa shape index (κ2) is 5.56. The second-order valence-corrected chi connectivity index (χ2v) is 6.36. The van der Waals surface area contributed by atoms with Crippen LogP contribution in [0.3, 0.4) is 0 Å². The molecule has 5 heteroatoms. The van der Waals surface area contributed by atoms with Crippen LogP contribution in [0.15, 0.2) is 16.8 Å². The van der Waals surface area contributed by atoms with Crippen LogP contribution >= 0.6 is 11.3 Å². The summed E-state index contributed by atoms with van der Waals surface area (Å²) in [4.78, 5) is 28.3. The highest BCUT2D eigenvalue weighted by atomic mass is 32.1. The number of rotatable bonds is 3. The summed E-state index contributed by atoms with van der Waals surface area (Å²) in [5.41, 5.74) is 1.25. The Hall–Kier alpha value is -1.36. The lowest BCUT2D eigenvalue weighted by Gasteiger charge is -2.27. The zero-order valence-corrected chi connectivity index (χ0v) is 12.6. The van der Waals surface area contributed by atoms with Crippen LogP contribution in [0.1, 0.15) is 37.8 Å². The minimum absolute atomic E-state index is 0.122. The van der Waals surface area contributed by atoms with Gasteiger partial charge < -0.3 is 9.80 Å². The van der Waals surface area contributed by atoms with Crippen molar-refractivity contribution in [3.63, 3.8) is 0 Å². The van der Waals surface area contributed by atoms with Crippen molar-refractivity contribution in [2.24, 2.45) is 5.92 Å². The van der Waals surface area contributed by atoms with Crippen LogP contribution in [-0.4, -0.2) is 41.2 Å². The summed E-state index contributed by atoms with van der Waals surface area (Å²) >= 11 is 1.68. The zero-order valence-electron chi connectivity index (χ0n) is 11.7. The van der Waals surface area contributed by atoms with E-state index in [4.69, 9.17) is 0 Å². The molecule has 3 rings (SSSR count). The van der Waals surface area contributed by atoms with Gasteiger partial charge in [0.1, 0.15) is 0 Å². The monoisotopic (exact) mass is 292 g/mol. The molecular weight excluding hydrogens is 272 g/mol. The normalized spacial score (nSPS) is 26.6. The van der Waals surface area contributed by atoms with Crippen molar-refractivity contribution in [3.05, 3.63) is 22.4 Å². The molecular formula is C15H20N2O2S. The number of nitrogens with zero attached hydrogens (tertiary/aromatic N) is 2. The number of thiophene rings is 1. The van der Waals surface area contributed by atoms with Crippen LogP contribution in [0.2, 0.25) is 0 Å². The van der Waals surface area contributed by atoms with Gasteiger partial charge in [-0.25, -0.2) is 0 Å². The van der Waals surface area contributed by atoms with Crippen molar-refractivity contribution in [3.8, 4) is 0 Å². The van der Waals surface area contributed by atoms with Gasteiger partial charge in [-0.05, 0) is 42.2 Å². The molecule has 0 unspecified atom stereocenters. The predicted octanol–water partition coefficient (Wildman–Crippen LogP) is 2.28. The Morgan fingerprint density at radius 2 is 2.35 bits per heavy atom. The first-order chi connectivity index (χ1) is 9.70. The predicted molar refractivity (Wildman–Crippen MR) is 78.4 cm³/mol. The van der Waals surface area contributed by atoms with Crippen LogP contribution in [-0.2, 0) is 9.59 Å². The molecule has 1 aromatic heterocycles. The molecule has 2 aliphatic heterocycles. The van der Waals surface area contributed by atoms with Gasteiger partial charge in [-0.2, -0.15) is 11.3 Å². The molecule has 4 nitrogen and oxygen atoms in total. The first-order valence-corrected chi connectivity index (χ1v) is 8.25. The standard InChI is InChI=1S/C15H20N2O2S/c1-2-16-9-12(8-14(16)18)15(19)17-6-3-4-13(17)11-5-7-20-10-11/h5,7,10,12-13H,2-4,6,8-9H2,1H3/t12-,13-/m0/s1. The summed E-state index contributed by atoms with van der Waals surface area (Å²) in [6, 6.07) is 2.33. The minimum Gasteiger partial charge on any atom is -0.342 e. The number of hydrogen-bond acceptors (Lipinski definition) is 3. The van der Waals surface area contributed by atoms with E-state index in [-0.39, 0.29) is 23.8 Å². The summed E-state index contributed by atoms with van der Waals surface area (Å²) in [5.74, 6) is 0.154. The van der Waals surface area contributed by atoms with E-state index in [1.165, 1.54) is 5.56 Å². The van der Waals surface area contributed by atoms with Gasteiger partial charge in [0.2, 0.25) is 11.8 Å². The molecule has 0 N–H and O–H groups in total. The Morgan fingerprint density at radius 1 is 1.50 bits per heavy atom. The van der Waals surface area contributed by atoms with E-state index in [1.807, 2.05) is 11.8 Å². The highest BCUT2D eigenvalue weighted by Crippen LogP contribution is 2.35. The van der Waals surface area contributed by atoms with Crippen molar-refractivity contribution >= 4 is 23.2 Å². The van der Waals surface area contributed by atoms with Gasteiger partial charge in [-0.1, -0.05) is 0 Å². The molecule has 0 saturated carbocycles. The molecule has 2 amide bonds. The van der Waals surface area contributed by atoms with E-state index in [0.717, 1.165) is 19.4 Å². The summed E-state index contributed by atoms with van der Waals surface area (Å²) in [5, 5.41) is 4.20. The molecule has 20 heavy (non-hydrogen) atoms. The number of carbonyl (C=O) groups excluding carboxylic acids is 2. The average molecular weight is 292 g/mol. The van der Waals surface area contributed by atoms with Gasteiger partial charge in [0.05, 0.1) is 12.0 Å². The molecule has 1 aromatic rings. The molecule has 0 spiro atoms. The summed E-state index contributed by atoms with van der Waals surface area (Å²) < 4.78 is 0. The van der Waals surface area contributed by atoms with E-state index in [9.17, 15) is 9.59 Å². The summed E-state index contributed by atoms with van der Waals surface area (Å²) in [6.07, 6.45) is 2.49. The Bertz CT molecular complexity index is 500. The van der Waals surface area contributed by atoms with Crippen LogP contribution < -0.4 is 0 Å². The smallest absolute Gasteiger partial charge is 0.228 e. The maximum Gasteiger partial charge on any atom is 0.228 e. The molecule has 0 aliphatic carbocycles. The van der Waals surface area contributed by atoms with Gasteiger partial charge in [0.15, 0.2) is 0 Å². The van der Waals surface area contributed by atoms with E-state index in [2.05, 4.69) is 16.8 Å². The SMILES string of the molecule is CCN1C[C@@H](C(=O)N2CCC[C@H]2c2ccsc2)CC1=O.